The average Bonchev–Trinajstić information content (AvgIpc) is 2.50. The van der Waals surface area contributed by atoms with Crippen molar-refractivity contribution in [3.05, 3.63) is 65.2 Å². The van der Waals surface area contributed by atoms with Crippen molar-refractivity contribution in [1.29, 1.82) is 0 Å². The van der Waals surface area contributed by atoms with Gasteiger partial charge in [-0.2, -0.15) is 0 Å². The summed E-state index contributed by atoms with van der Waals surface area (Å²) in [5.74, 6) is -0.00661. The van der Waals surface area contributed by atoms with Gasteiger partial charge in [0.1, 0.15) is 0 Å². The Bertz CT molecular complexity index is 604. The molecule has 1 N–H and O–H groups in total. The van der Waals surface area contributed by atoms with Gasteiger partial charge in [0.05, 0.1) is 5.92 Å². The molecule has 1 atom stereocenters. The Kier molecular flexibility index (Phi) is 5.15. The highest BCUT2D eigenvalue weighted by molar-refractivity contribution is 5.96. The number of carbonyl (C=O) groups excluding carboxylic acids is 1. The maximum Gasteiger partial charge on any atom is 0.231 e. The number of aryl methyl sites for hydroxylation is 1. The standard InChI is InChI=1S/C19H23NO/c1-4-9-17(16-11-6-5-7-12-16)19(21)20-18-13-8-10-14(2)15(18)3/h5-8,10-13,17H,4,9H2,1-3H3,(H,20,21). The van der Waals surface area contributed by atoms with E-state index in [0.29, 0.717) is 0 Å². The van der Waals surface area contributed by atoms with E-state index in [0.717, 1.165) is 29.7 Å². The van der Waals surface area contributed by atoms with Gasteiger partial charge in [0.25, 0.3) is 0 Å². The lowest BCUT2D eigenvalue weighted by molar-refractivity contribution is -0.117. The lowest BCUT2D eigenvalue weighted by atomic mass is 9.93. The number of rotatable bonds is 5. The van der Waals surface area contributed by atoms with Crippen LogP contribution in [0.4, 0.5) is 5.69 Å². The first kappa shape index (κ1) is 15.3. The van der Waals surface area contributed by atoms with Crippen LogP contribution in [0.3, 0.4) is 0 Å². The fraction of sp³-hybridized carbons (Fsp3) is 0.316. The monoisotopic (exact) mass is 281 g/mol. The quantitative estimate of drug-likeness (QED) is 0.836. The fourth-order valence-corrected chi connectivity index (χ4v) is 2.53. The van der Waals surface area contributed by atoms with Gasteiger partial charge in [-0.15, -0.1) is 0 Å². The minimum Gasteiger partial charge on any atom is -0.325 e. The molecule has 21 heavy (non-hydrogen) atoms. The third-order valence-corrected chi connectivity index (χ3v) is 3.96. The van der Waals surface area contributed by atoms with E-state index in [1.165, 1.54) is 5.56 Å². The van der Waals surface area contributed by atoms with Crippen LogP contribution in [-0.4, -0.2) is 5.91 Å². The summed E-state index contributed by atoms with van der Waals surface area (Å²) in [6.45, 7) is 6.22. The summed E-state index contributed by atoms with van der Waals surface area (Å²) in [4.78, 5) is 12.7. The van der Waals surface area contributed by atoms with Crippen molar-refractivity contribution in [2.24, 2.45) is 0 Å². The zero-order valence-corrected chi connectivity index (χ0v) is 13.0. The molecule has 0 bridgehead atoms. The van der Waals surface area contributed by atoms with Crippen LogP contribution in [-0.2, 0) is 4.79 Å². The van der Waals surface area contributed by atoms with Crippen LogP contribution in [0, 0.1) is 13.8 Å². The van der Waals surface area contributed by atoms with Gasteiger partial charge in [0.2, 0.25) is 5.91 Å². The van der Waals surface area contributed by atoms with E-state index < -0.39 is 0 Å². The molecule has 2 heteroatoms. The van der Waals surface area contributed by atoms with E-state index >= 15 is 0 Å². The predicted octanol–water partition coefficient (Wildman–Crippen LogP) is 4.83. The Balaban J connectivity index is 2.21. The Hall–Kier alpha value is -2.09. The summed E-state index contributed by atoms with van der Waals surface area (Å²) in [6, 6.07) is 16.0. The lowest BCUT2D eigenvalue weighted by Crippen LogP contribution is -2.21. The van der Waals surface area contributed by atoms with E-state index in [9.17, 15) is 4.79 Å². The molecule has 0 saturated heterocycles. The van der Waals surface area contributed by atoms with Crippen LogP contribution in [0.2, 0.25) is 0 Å². The second kappa shape index (κ2) is 7.07. The van der Waals surface area contributed by atoms with E-state index in [2.05, 4.69) is 25.2 Å². The molecule has 1 amide bonds. The molecule has 0 spiro atoms. The van der Waals surface area contributed by atoms with Gasteiger partial charge in [0.15, 0.2) is 0 Å². The molecule has 110 valence electrons. The first-order valence-corrected chi connectivity index (χ1v) is 7.55. The van der Waals surface area contributed by atoms with E-state index in [1.807, 2.05) is 49.4 Å². The molecule has 0 aromatic heterocycles. The number of hydrogen-bond acceptors (Lipinski definition) is 1. The van der Waals surface area contributed by atoms with Gasteiger partial charge in [-0.05, 0) is 43.0 Å². The van der Waals surface area contributed by atoms with Crippen molar-refractivity contribution in [3.63, 3.8) is 0 Å². The zero-order valence-electron chi connectivity index (χ0n) is 13.0. The van der Waals surface area contributed by atoms with Gasteiger partial charge < -0.3 is 5.32 Å². The van der Waals surface area contributed by atoms with Gasteiger partial charge >= 0.3 is 0 Å². The van der Waals surface area contributed by atoms with Crippen molar-refractivity contribution in [2.45, 2.75) is 39.5 Å². The summed E-state index contributed by atoms with van der Waals surface area (Å²) in [6.07, 6.45) is 1.85. The summed E-state index contributed by atoms with van der Waals surface area (Å²) < 4.78 is 0. The van der Waals surface area contributed by atoms with Crippen molar-refractivity contribution in [1.82, 2.24) is 0 Å². The minimum atomic E-state index is -0.0869. The van der Waals surface area contributed by atoms with Gasteiger partial charge in [-0.3, -0.25) is 4.79 Å². The number of anilines is 1. The Labute approximate surface area is 127 Å². The summed E-state index contributed by atoms with van der Waals surface area (Å²) >= 11 is 0. The van der Waals surface area contributed by atoms with Gasteiger partial charge in [-0.25, -0.2) is 0 Å². The predicted molar refractivity (Wildman–Crippen MR) is 88.6 cm³/mol. The molecule has 2 aromatic carbocycles. The molecule has 2 nitrogen and oxygen atoms in total. The van der Waals surface area contributed by atoms with Gasteiger partial charge in [0, 0.05) is 5.69 Å². The molecule has 1 unspecified atom stereocenters. The molecular weight excluding hydrogens is 258 g/mol. The molecule has 0 saturated carbocycles. The second-order valence-corrected chi connectivity index (χ2v) is 5.49. The van der Waals surface area contributed by atoms with Crippen LogP contribution in [0.15, 0.2) is 48.5 Å². The minimum absolute atomic E-state index is 0.0803. The second-order valence-electron chi connectivity index (χ2n) is 5.49. The molecule has 0 fully saturated rings. The highest BCUT2D eigenvalue weighted by Crippen LogP contribution is 2.25. The third-order valence-electron chi connectivity index (χ3n) is 3.96. The van der Waals surface area contributed by atoms with Crippen LogP contribution < -0.4 is 5.32 Å². The number of nitrogens with one attached hydrogen (secondary N) is 1. The van der Waals surface area contributed by atoms with Gasteiger partial charge in [-0.1, -0.05) is 55.8 Å². The topological polar surface area (TPSA) is 29.1 Å². The fourth-order valence-electron chi connectivity index (χ4n) is 2.53. The van der Waals surface area contributed by atoms with Crippen LogP contribution in [0.25, 0.3) is 0 Å². The maximum absolute atomic E-state index is 12.7. The third kappa shape index (κ3) is 3.72. The largest absolute Gasteiger partial charge is 0.325 e. The first-order valence-electron chi connectivity index (χ1n) is 7.55. The zero-order chi connectivity index (χ0) is 15.2. The number of amides is 1. The van der Waals surface area contributed by atoms with Crippen molar-refractivity contribution < 1.29 is 4.79 Å². The van der Waals surface area contributed by atoms with Crippen LogP contribution in [0.1, 0.15) is 42.4 Å². The maximum atomic E-state index is 12.7. The molecule has 0 aliphatic rings. The van der Waals surface area contributed by atoms with E-state index in [1.54, 1.807) is 0 Å². The first-order chi connectivity index (χ1) is 10.1. The Morgan fingerprint density at radius 2 is 1.76 bits per heavy atom. The molecule has 0 aliphatic carbocycles. The van der Waals surface area contributed by atoms with Crippen molar-refractivity contribution >= 4 is 11.6 Å². The van der Waals surface area contributed by atoms with Crippen molar-refractivity contribution in [2.75, 3.05) is 5.32 Å². The van der Waals surface area contributed by atoms with Crippen LogP contribution in [0.5, 0.6) is 0 Å². The highest BCUT2D eigenvalue weighted by atomic mass is 16.1. The van der Waals surface area contributed by atoms with Crippen molar-refractivity contribution in [3.8, 4) is 0 Å². The molecule has 2 aromatic rings. The molecule has 0 heterocycles. The summed E-state index contributed by atoms with van der Waals surface area (Å²) in [5, 5.41) is 3.10. The molecule has 0 radical (unpaired) electrons. The summed E-state index contributed by atoms with van der Waals surface area (Å²) in [7, 11) is 0. The lowest BCUT2D eigenvalue weighted by Gasteiger charge is -2.18. The highest BCUT2D eigenvalue weighted by Gasteiger charge is 2.20. The average molecular weight is 281 g/mol. The SMILES string of the molecule is CCCC(C(=O)Nc1cccc(C)c1C)c1ccccc1. The number of hydrogen-bond donors (Lipinski definition) is 1. The normalized spacial score (nSPS) is 12.0. The number of benzene rings is 2. The van der Waals surface area contributed by atoms with Crippen LogP contribution >= 0.6 is 0 Å². The molecular formula is C19H23NO. The molecule has 2 rings (SSSR count). The summed E-state index contributed by atoms with van der Waals surface area (Å²) in [5.41, 5.74) is 4.33. The Morgan fingerprint density at radius 3 is 2.43 bits per heavy atom. The molecule has 0 aliphatic heterocycles. The Morgan fingerprint density at radius 1 is 1.05 bits per heavy atom. The smallest absolute Gasteiger partial charge is 0.231 e. The van der Waals surface area contributed by atoms with E-state index in [4.69, 9.17) is 0 Å². The van der Waals surface area contributed by atoms with E-state index in [-0.39, 0.29) is 11.8 Å². The number of carbonyl (C=O) groups is 1.